The van der Waals surface area contributed by atoms with Gasteiger partial charge in [-0.2, -0.15) is 4.98 Å². The van der Waals surface area contributed by atoms with Crippen LogP contribution in [0.2, 0.25) is 0 Å². The van der Waals surface area contributed by atoms with E-state index in [1.807, 2.05) is 29.2 Å². The van der Waals surface area contributed by atoms with Gasteiger partial charge in [-0.25, -0.2) is 13.4 Å². The average Bonchev–Trinajstić information content (AvgIpc) is 3.35. The van der Waals surface area contributed by atoms with Gasteiger partial charge in [0.2, 0.25) is 5.95 Å². The van der Waals surface area contributed by atoms with Crippen LogP contribution in [-0.4, -0.2) is 60.0 Å². The maximum Gasteiger partial charge on any atom is 0.276 e. The first-order valence-corrected chi connectivity index (χ1v) is 14.1. The third-order valence-corrected chi connectivity index (χ3v) is 9.01. The van der Waals surface area contributed by atoms with E-state index >= 15 is 0 Å². The van der Waals surface area contributed by atoms with Crippen LogP contribution in [0.15, 0.2) is 35.3 Å². The van der Waals surface area contributed by atoms with Gasteiger partial charge in [0.05, 0.1) is 36.4 Å². The van der Waals surface area contributed by atoms with Crippen molar-refractivity contribution in [1.82, 2.24) is 14.5 Å². The Morgan fingerprint density at radius 3 is 2.69 bits per heavy atom. The van der Waals surface area contributed by atoms with Gasteiger partial charge in [0.25, 0.3) is 5.56 Å². The van der Waals surface area contributed by atoms with Crippen molar-refractivity contribution >= 4 is 38.2 Å². The Balaban J connectivity index is 1.43. The van der Waals surface area contributed by atoms with Crippen LogP contribution in [0, 0.1) is 0 Å². The third-order valence-electron chi connectivity index (χ3n) is 7.51. The van der Waals surface area contributed by atoms with Gasteiger partial charge in [-0.3, -0.25) is 9.36 Å². The Bertz CT molecular complexity index is 1510. The predicted molar refractivity (Wildman–Crippen MR) is 136 cm³/mol. The van der Waals surface area contributed by atoms with Gasteiger partial charge in [0, 0.05) is 30.4 Å². The van der Waals surface area contributed by atoms with E-state index in [9.17, 15) is 18.3 Å². The van der Waals surface area contributed by atoms with Crippen molar-refractivity contribution in [2.75, 3.05) is 36.5 Å². The number of fused-ring (bicyclic) bond motifs is 2. The molecule has 2 fully saturated rings. The summed E-state index contributed by atoms with van der Waals surface area (Å²) >= 11 is 0. The quantitative estimate of drug-likeness (QED) is 0.542. The second-order valence-electron chi connectivity index (χ2n) is 10.2. The topological polar surface area (TPSA) is 127 Å². The molecule has 36 heavy (non-hydrogen) atoms. The number of sulfone groups is 1. The number of nitrogens with zero attached hydrogens (tertiary/aromatic N) is 4. The number of aliphatic hydroxyl groups is 1. The van der Waals surface area contributed by atoms with E-state index < -0.39 is 21.5 Å². The lowest BCUT2D eigenvalue weighted by Gasteiger charge is -2.32. The maximum absolute atomic E-state index is 13.8. The van der Waals surface area contributed by atoms with Crippen LogP contribution in [0.5, 0.6) is 0 Å². The average molecular weight is 512 g/mol. The molecule has 2 atom stereocenters. The lowest BCUT2D eigenvalue weighted by molar-refractivity contribution is 0.0267. The zero-order valence-electron chi connectivity index (χ0n) is 20.1. The molecule has 0 spiro atoms. The van der Waals surface area contributed by atoms with Gasteiger partial charge in [-0.15, -0.1) is 0 Å². The van der Waals surface area contributed by atoms with Crippen LogP contribution in [0.3, 0.4) is 0 Å². The molecule has 0 radical (unpaired) electrons. The fourth-order valence-electron chi connectivity index (χ4n) is 5.66. The molecule has 3 aliphatic rings. The van der Waals surface area contributed by atoms with E-state index in [0.29, 0.717) is 67.5 Å². The summed E-state index contributed by atoms with van der Waals surface area (Å²) < 4.78 is 31.1. The Labute approximate surface area is 208 Å². The van der Waals surface area contributed by atoms with E-state index in [0.717, 1.165) is 17.5 Å². The van der Waals surface area contributed by atoms with Crippen molar-refractivity contribution in [3.05, 3.63) is 51.9 Å². The van der Waals surface area contributed by atoms with Crippen LogP contribution in [0.1, 0.15) is 43.4 Å². The molecule has 11 heteroatoms. The van der Waals surface area contributed by atoms with Crippen LogP contribution in [0.25, 0.3) is 11.0 Å². The minimum atomic E-state index is -3.10. The second-order valence-corrected chi connectivity index (χ2v) is 12.2. The first-order chi connectivity index (χ1) is 17.2. The summed E-state index contributed by atoms with van der Waals surface area (Å²) in [5.41, 5.74) is 2.09. The SMILES string of the molecule is C[C@@]1(O)CCC[C@H]1n1c(=O)c(N2CCOCC2)cc2cnc(Nc3ccc4c(c3)CS(=O)(=O)C4)nc21. The lowest BCUT2D eigenvalue weighted by atomic mass is 10.00. The summed E-state index contributed by atoms with van der Waals surface area (Å²) in [4.78, 5) is 25.1. The largest absolute Gasteiger partial charge is 0.388 e. The molecule has 1 saturated carbocycles. The molecule has 0 bridgehead atoms. The molecule has 3 aromatic rings. The standard InChI is InChI=1S/C25H29N5O5S/c1-25(32)6-2-3-21(25)30-22-17(12-20(23(30)31)29-7-9-35-10-8-29)13-26-24(28-22)27-19-5-4-16-14-36(33,34)15-18(16)11-19/h4-5,11-13,21,32H,2-3,6-10,14-15H2,1H3,(H,26,27,28)/t21-,25-/m1/s1. The minimum Gasteiger partial charge on any atom is -0.388 e. The third kappa shape index (κ3) is 4.14. The number of pyridine rings is 1. The number of ether oxygens (including phenoxy) is 1. The normalized spacial score (nSPS) is 25.3. The van der Waals surface area contributed by atoms with Gasteiger partial charge in [-0.05, 0) is 55.5 Å². The smallest absolute Gasteiger partial charge is 0.276 e. The van der Waals surface area contributed by atoms with Gasteiger partial charge in [-0.1, -0.05) is 6.07 Å². The molecule has 0 unspecified atom stereocenters. The first kappa shape index (κ1) is 23.4. The first-order valence-electron chi connectivity index (χ1n) is 12.3. The molecule has 2 aromatic heterocycles. The predicted octanol–water partition coefficient (Wildman–Crippen LogP) is 2.28. The maximum atomic E-state index is 13.8. The summed E-state index contributed by atoms with van der Waals surface area (Å²) in [6.07, 6.45) is 3.80. The molecule has 6 rings (SSSR count). The summed E-state index contributed by atoms with van der Waals surface area (Å²) in [7, 11) is -3.10. The number of hydrogen-bond acceptors (Lipinski definition) is 9. The molecule has 1 aliphatic carbocycles. The van der Waals surface area contributed by atoms with Crippen molar-refractivity contribution < 1.29 is 18.3 Å². The fourth-order valence-corrected chi connectivity index (χ4v) is 7.26. The summed E-state index contributed by atoms with van der Waals surface area (Å²) in [6, 6.07) is 6.85. The molecular formula is C25H29N5O5S. The number of anilines is 3. The van der Waals surface area contributed by atoms with E-state index in [1.54, 1.807) is 17.7 Å². The van der Waals surface area contributed by atoms with Crippen molar-refractivity contribution in [3.63, 3.8) is 0 Å². The fraction of sp³-hybridized carbons (Fsp3) is 0.480. The second kappa shape index (κ2) is 8.53. The highest BCUT2D eigenvalue weighted by Gasteiger charge is 2.40. The number of nitrogens with one attached hydrogen (secondary N) is 1. The van der Waals surface area contributed by atoms with Crippen molar-refractivity contribution in [2.24, 2.45) is 0 Å². The van der Waals surface area contributed by atoms with Crippen LogP contribution in [0.4, 0.5) is 17.3 Å². The summed E-state index contributed by atoms with van der Waals surface area (Å²) in [5, 5.41) is 15.0. The van der Waals surface area contributed by atoms with Gasteiger partial charge < -0.3 is 20.1 Å². The molecule has 1 aromatic carbocycles. The highest BCUT2D eigenvalue weighted by Crippen LogP contribution is 2.40. The zero-order chi connectivity index (χ0) is 25.1. The van der Waals surface area contributed by atoms with Crippen LogP contribution < -0.4 is 15.8 Å². The lowest BCUT2D eigenvalue weighted by Crippen LogP contribution is -2.43. The van der Waals surface area contributed by atoms with Gasteiger partial charge >= 0.3 is 0 Å². The molecule has 4 heterocycles. The minimum absolute atomic E-state index is 0.0249. The molecule has 1 saturated heterocycles. The van der Waals surface area contributed by atoms with E-state index in [4.69, 9.17) is 9.72 Å². The highest BCUT2D eigenvalue weighted by molar-refractivity contribution is 7.90. The number of hydrogen-bond donors (Lipinski definition) is 2. The van der Waals surface area contributed by atoms with Gasteiger partial charge in [0.1, 0.15) is 11.3 Å². The van der Waals surface area contributed by atoms with Gasteiger partial charge in [0.15, 0.2) is 9.84 Å². The van der Waals surface area contributed by atoms with E-state index in [2.05, 4.69) is 10.3 Å². The van der Waals surface area contributed by atoms with Crippen LogP contribution >= 0.6 is 0 Å². The Hall–Kier alpha value is -3.02. The molecule has 10 nitrogen and oxygen atoms in total. The molecule has 2 N–H and O–H groups in total. The van der Waals surface area contributed by atoms with E-state index in [-0.39, 0.29) is 17.1 Å². The Kier molecular flexibility index (Phi) is 5.54. The molecular weight excluding hydrogens is 482 g/mol. The zero-order valence-corrected chi connectivity index (χ0v) is 20.9. The summed E-state index contributed by atoms with van der Waals surface area (Å²) in [6.45, 7) is 4.14. The number of rotatable bonds is 4. The number of morpholine rings is 1. The number of benzene rings is 1. The Morgan fingerprint density at radius 2 is 1.94 bits per heavy atom. The van der Waals surface area contributed by atoms with Crippen molar-refractivity contribution in [1.29, 1.82) is 0 Å². The highest BCUT2D eigenvalue weighted by atomic mass is 32.2. The van der Waals surface area contributed by atoms with Crippen molar-refractivity contribution in [2.45, 2.75) is 49.3 Å². The molecule has 2 aliphatic heterocycles. The molecule has 190 valence electrons. The summed E-state index contributed by atoms with van der Waals surface area (Å²) in [5.74, 6) is 0.388. The monoisotopic (exact) mass is 511 g/mol. The van der Waals surface area contributed by atoms with E-state index in [1.165, 1.54) is 0 Å². The number of aromatic nitrogens is 3. The Morgan fingerprint density at radius 1 is 1.17 bits per heavy atom. The van der Waals surface area contributed by atoms with Crippen LogP contribution in [-0.2, 0) is 26.1 Å². The molecule has 0 amide bonds. The van der Waals surface area contributed by atoms with Crippen molar-refractivity contribution in [3.8, 4) is 0 Å².